The van der Waals surface area contributed by atoms with Crippen LogP contribution in [0.4, 0.5) is 0 Å². The highest BCUT2D eigenvalue weighted by Crippen LogP contribution is 2.29. The van der Waals surface area contributed by atoms with Gasteiger partial charge in [-0.2, -0.15) is 0 Å². The van der Waals surface area contributed by atoms with Crippen LogP contribution in [0.3, 0.4) is 0 Å². The minimum Gasteiger partial charge on any atom is -0.493 e. The Morgan fingerprint density at radius 3 is 2.48 bits per heavy atom. The molecule has 5 nitrogen and oxygen atoms in total. The molecule has 23 heavy (non-hydrogen) atoms. The predicted octanol–water partition coefficient (Wildman–Crippen LogP) is 2.83. The van der Waals surface area contributed by atoms with Gasteiger partial charge < -0.3 is 20.5 Å². The Bertz CT molecular complexity index is 515. The zero-order valence-corrected chi connectivity index (χ0v) is 14.9. The maximum atomic E-state index is 12.2. The van der Waals surface area contributed by atoms with E-state index in [0.29, 0.717) is 36.1 Å². The van der Waals surface area contributed by atoms with Gasteiger partial charge in [-0.25, -0.2) is 0 Å². The lowest BCUT2D eigenvalue weighted by atomic mass is 9.78. The van der Waals surface area contributed by atoms with Crippen LogP contribution in [0.5, 0.6) is 11.5 Å². The third-order valence-corrected chi connectivity index (χ3v) is 4.61. The summed E-state index contributed by atoms with van der Waals surface area (Å²) < 4.78 is 10.4. The number of carbonyl (C=O) groups excluding carboxylic acids is 1. The minimum absolute atomic E-state index is 0.100. The lowest BCUT2D eigenvalue weighted by molar-refractivity contribution is 0.0951. The average Bonchev–Trinajstić information content (AvgIpc) is 2.57. The molecule has 0 heterocycles. The van der Waals surface area contributed by atoms with E-state index in [9.17, 15) is 4.79 Å². The van der Waals surface area contributed by atoms with Crippen molar-refractivity contribution >= 4 is 5.91 Å². The lowest BCUT2D eigenvalue weighted by Crippen LogP contribution is -2.31. The van der Waals surface area contributed by atoms with Gasteiger partial charge in [0.05, 0.1) is 14.2 Å². The van der Waals surface area contributed by atoms with E-state index in [1.165, 1.54) is 0 Å². The second-order valence-electron chi connectivity index (χ2n) is 6.56. The molecule has 0 aliphatic rings. The fraction of sp³-hybridized carbons (Fsp3) is 0.611. The van der Waals surface area contributed by atoms with Gasteiger partial charge in [0.2, 0.25) is 0 Å². The van der Waals surface area contributed by atoms with Gasteiger partial charge in [-0.1, -0.05) is 20.8 Å². The Kier molecular flexibility index (Phi) is 7.36. The Labute approximate surface area is 139 Å². The summed E-state index contributed by atoms with van der Waals surface area (Å²) in [6.45, 7) is 7.90. The van der Waals surface area contributed by atoms with Gasteiger partial charge in [-0.05, 0) is 48.9 Å². The summed E-state index contributed by atoms with van der Waals surface area (Å²) in [5.74, 6) is 1.59. The Morgan fingerprint density at radius 2 is 1.91 bits per heavy atom. The normalized spacial score (nSPS) is 12.6. The summed E-state index contributed by atoms with van der Waals surface area (Å²) in [5.41, 5.74) is 6.49. The molecule has 1 atom stereocenters. The molecule has 0 radical (unpaired) electrons. The molecule has 1 aromatic rings. The number of hydrogen-bond donors (Lipinski definition) is 2. The third-order valence-electron chi connectivity index (χ3n) is 4.61. The molecular weight excluding hydrogens is 292 g/mol. The van der Waals surface area contributed by atoms with E-state index in [2.05, 4.69) is 26.1 Å². The standard InChI is InChI=1S/C18H30N2O3/c1-13(18(2,3)12-19)7-6-10-20-17(21)14-8-9-15(22-4)16(11-14)23-5/h8-9,11,13H,6-7,10,12,19H2,1-5H3,(H,20,21). The molecule has 0 saturated carbocycles. The maximum absolute atomic E-state index is 12.2. The van der Waals surface area contributed by atoms with Crippen LogP contribution in [0.1, 0.15) is 44.0 Å². The molecule has 1 unspecified atom stereocenters. The number of carbonyl (C=O) groups is 1. The number of amides is 1. The van der Waals surface area contributed by atoms with Gasteiger partial charge >= 0.3 is 0 Å². The highest BCUT2D eigenvalue weighted by Gasteiger charge is 2.23. The van der Waals surface area contributed by atoms with Gasteiger partial charge in [-0.15, -0.1) is 0 Å². The zero-order chi connectivity index (χ0) is 17.5. The first-order chi connectivity index (χ1) is 10.9. The van der Waals surface area contributed by atoms with Crippen molar-refractivity contribution < 1.29 is 14.3 Å². The first-order valence-electron chi connectivity index (χ1n) is 8.06. The van der Waals surface area contributed by atoms with Crippen LogP contribution < -0.4 is 20.5 Å². The Hall–Kier alpha value is -1.75. The molecule has 0 bridgehead atoms. The number of nitrogens with two attached hydrogens (primary N) is 1. The number of hydrogen-bond acceptors (Lipinski definition) is 4. The molecule has 0 fully saturated rings. The van der Waals surface area contributed by atoms with Gasteiger partial charge in [-0.3, -0.25) is 4.79 Å². The van der Waals surface area contributed by atoms with E-state index in [1.807, 2.05) is 0 Å². The fourth-order valence-electron chi connectivity index (χ4n) is 2.28. The Morgan fingerprint density at radius 1 is 1.26 bits per heavy atom. The van der Waals surface area contributed by atoms with Crippen molar-refractivity contribution in [3.63, 3.8) is 0 Å². The van der Waals surface area contributed by atoms with Crippen LogP contribution >= 0.6 is 0 Å². The van der Waals surface area contributed by atoms with Gasteiger partial charge in [0, 0.05) is 12.1 Å². The monoisotopic (exact) mass is 322 g/mol. The highest BCUT2D eigenvalue weighted by molar-refractivity contribution is 5.94. The number of ether oxygens (including phenoxy) is 2. The number of rotatable bonds is 9. The molecule has 0 saturated heterocycles. The van der Waals surface area contributed by atoms with Crippen LogP contribution in [0.15, 0.2) is 18.2 Å². The van der Waals surface area contributed by atoms with E-state index >= 15 is 0 Å². The van der Waals surface area contributed by atoms with E-state index in [-0.39, 0.29) is 11.3 Å². The van der Waals surface area contributed by atoms with E-state index < -0.39 is 0 Å². The van der Waals surface area contributed by atoms with Crippen molar-refractivity contribution in [3.8, 4) is 11.5 Å². The predicted molar refractivity (Wildman–Crippen MR) is 93.1 cm³/mol. The van der Waals surface area contributed by atoms with Crippen molar-refractivity contribution in [2.24, 2.45) is 17.1 Å². The summed E-state index contributed by atoms with van der Waals surface area (Å²) in [6, 6.07) is 5.16. The summed E-state index contributed by atoms with van der Waals surface area (Å²) in [6.07, 6.45) is 1.97. The smallest absolute Gasteiger partial charge is 0.251 e. The van der Waals surface area contributed by atoms with Crippen molar-refractivity contribution in [2.45, 2.75) is 33.6 Å². The Balaban J connectivity index is 2.49. The molecule has 1 aromatic carbocycles. The molecule has 0 aliphatic carbocycles. The first kappa shape index (κ1) is 19.3. The lowest BCUT2D eigenvalue weighted by Gasteiger charge is -2.30. The largest absolute Gasteiger partial charge is 0.493 e. The number of methoxy groups -OCH3 is 2. The van der Waals surface area contributed by atoms with Crippen molar-refractivity contribution in [1.29, 1.82) is 0 Å². The maximum Gasteiger partial charge on any atom is 0.251 e. The third kappa shape index (κ3) is 5.43. The molecule has 130 valence electrons. The van der Waals surface area contributed by atoms with Crippen LogP contribution in [-0.4, -0.2) is 33.2 Å². The van der Waals surface area contributed by atoms with Crippen LogP contribution in [0.2, 0.25) is 0 Å². The van der Waals surface area contributed by atoms with Crippen molar-refractivity contribution in [1.82, 2.24) is 5.32 Å². The zero-order valence-electron chi connectivity index (χ0n) is 14.9. The second kappa shape index (κ2) is 8.77. The van der Waals surface area contributed by atoms with Crippen LogP contribution in [0.25, 0.3) is 0 Å². The second-order valence-corrected chi connectivity index (χ2v) is 6.56. The molecular formula is C18H30N2O3. The fourth-order valence-corrected chi connectivity index (χ4v) is 2.28. The molecule has 3 N–H and O–H groups in total. The minimum atomic E-state index is -0.100. The highest BCUT2D eigenvalue weighted by atomic mass is 16.5. The van der Waals surface area contributed by atoms with E-state index in [0.717, 1.165) is 12.8 Å². The molecule has 1 amide bonds. The van der Waals surface area contributed by atoms with Crippen molar-refractivity contribution in [3.05, 3.63) is 23.8 Å². The van der Waals surface area contributed by atoms with Crippen LogP contribution in [-0.2, 0) is 0 Å². The summed E-state index contributed by atoms with van der Waals surface area (Å²) in [5, 5.41) is 2.95. The summed E-state index contributed by atoms with van der Waals surface area (Å²) >= 11 is 0. The first-order valence-corrected chi connectivity index (χ1v) is 8.06. The number of benzene rings is 1. The summed E-state index contributed by atoms with van der Waals surface area (Å²) in [7, 11) is 3.13. The van der Waals surface area contributed by atoms with Crippen LogP contribution in [0, 0.1) is 11.3 Å². The molecule has 0 spiro atoms. The quantitative estimate of drug-likeness (QED) is 0.686. The van der Waals surface area contributed by atoms with Crippen molar-refractivity contribution in [2.75, 3.05) is 27.3 Å². The van der Waals surface area contributed by atoms with E-state index in [1.54, 1.807) is 32.4 Å². The topological polar surface area (TPSA) is 73.6 Å². The van der Waals surface area contributed by atoms with Gasteiger partial charge in [0.15, 0.2) is 11.5 Å². The van der Waals surface area contributed by atoms with Gasteiger partial charge in [0.25, 0.3) is 5.91 Å². The SMILES string of the molecule is COc1ccc(C(=O)NCCCC(C)C(C)(C)CN)cc1OC. The molecule has 0 aromatic heterocycles. The number of nitrogens with one attached hydrogen (secondary N) is 1. The summed E-state index contributed by atoms with van der Waals surface area (Å²) in [4.78, 5) is 12.2. The average molecular weight is 322 g/mol. The van der Waals surface area contributed by atoms with Gasteiger partial charge in [0.1, 0.15) is 0 Å². The molecule has 0 aliphatic heterocycles. The molecule has 1 rings (SSSR count). The molecule has 5 heteroatoms. The van der Waals surface area contributed by atoms with E-state index in [4.69, 9.17) is 15.2 Å².